The number of carbonyl (C=O) groups excluding carboxylic acids is 1. The summed E-state index contributed by atoms with van der Waals surface area (Å²) < 4.78 is 0. The van der Waals surface area contributed by atoms with Gasteiger partial charge in [-0.1, -0.05) is 41.9 Å². The maximum absolute atomic E-state index is 11.9. The molecule has 1 amide bonds. The minimum absolute atomic E-state index is 0.107. The zero-order valence-corrected chi connectivity index (χ0v) is 12.5. The van der Waals surface area contributed by atoms with Crippen LogP contribution < -0.4 is 5.32 Å². The number of hydrogen-bond donors (Lipinski definition) is 1. The number of nitro groups is 1. The fraction of sp³-hybridized carbons (Fsp3) is 0.188. The number of hydrogen-bond acceptors (Lipinski definition) is 3. The molecule has 0 aliphatic carbocycles. The SMILES string of the molecule is O=C(CCCc1ccccc1)Nc1cc([N+](=O)[O-])ccc1Cl. The van der Waals surface area contributed by atoms with Gasteiger partial charge in [-0.3, -0.25) is 14.9 Å². The summed E-state index contributed by atoms with van der Waals surface area (Å²) >= 11 is 5.94. The summed E-state index contributed by atoms with van der Waals surface area (Å²) in [6.45, 7) is 0. The highest BCUT2D eigenvalue weighted by Crippen LogP contribution is 2.26. The van der Waals surface area contributed by atoms with Crippen LogP contribution >= 0.6 is 11.6 Å². The zero-order chi connectivity index (χ0) is 15.9. The molecule has 0 bridgehead atoms. The molecule has 5 nitrogen and oxygen atoms in total. The van der Waals surface area contributed by atoms with Crippen molar-refractivity contribution in [1.82, 2.24) is 0 Å². The van der Waals surface area contributed by atoms with Crippen molar-refractivity contribution in [3.63, 3.8) is 0 Å². The molecule has 0 atom stereocenters. The minimum Gasteiger partial charge on any atom is -0.325 e. The fourth-order valence-corrected chi connectivity index (χ4v) is 2.20. The topological polar surface area (TPSA) is 72.2 Å². The summed E-state index contributed by atoms with van der Waals surface area (Å²) in [5.74, 6) is -0.210. The number of halogens is 1. The maximum Gasteiger partial charge on any atom is 0.271 e. The Bertz CT molecular complexity index is 674. The van der Waals surface area contributed by atoms with E-state index in [1.54, 1.807) is 0 Å². The molecule has 0 saturated carbocycles. The highest BCUT2D eigenvalue weighted by atomic mass is 35.5. The number of nitrogens with zero attached hydrogens (tertiary/aromatic N) is 1. The highest BCUT2D eigenvalue weighted by Gasteiger charge is 2.12. The maximum atomic E-state index is 11.9. The molecule has 0 aliphatic heterocycles. The van der Waals surface area contributed by atoms with Gasteiger partial charge >= 0.3 is 0 Å². The van der Waals surface area contributed by atoms with Crippen LogP contribution in [0.1, 0.15) is 18.4 Å². The molecule has 0 aliphatic rings. The van der Waals surface area contributed by atoms with E-state index in [4.69, 9.17) is 11.6 Å². The third-order valence-corrected chi connectivity index (χ3v) is 3.48. The van der Waals surface area contributed by atoms with Crippen LogP contribution in [0.2, 0.25) is 5.02 Å². The highest BCUT2D eigenvalue weighted by molar-refractivity contribution is 6.33. The summed E-state index contributed by atoms with van der Waals surface area (Å²) in [6.07, 6.45) is 1.83. The monoisotopic (exact) mass is 318 g/mol. The van der Waals surface area contributed by atoms with Crippen molar-refractivity contribution in [2.24, 2.45) is 0 Å². The molecule has 0 unspecified atom stereocenters. The van der Waals surface area contributed by atoms with E-state index in [1.165, 1.54) is 23.8 Å². The first-order valence-electron chi connectivity index (χ1n) is 6.84. The lowest BCUT2D eigenvalue weighted by Crippen LogP contribution is -2.12. The summed E-state index contributed by atoms with van der Waals surface area (Å²) in [5, 5.41) is 13.6. The normalized spacial score (nSPS) is 10.2. The second kappa shape index (κ2) is 7.56. The lowest BCUT2D eigenvalue weighted by Gasteiger charge is -2.07. The zero-order valence-electron chi connectivity index (χ0n) is 11.8. The predicted molar refractivity (Wildman–Crippen MR) is 86.1 cm³/mol. The quantitative estimate of drug-likeness (QED) is 0.640. The average molecular weight is 319 g/mol. The molecule has 0 saturated heterocycles. The van der Waals surface area contributed by atoms with Gasteiger partial charge in [0.05, 0.1) is 15.6 Å². The lowest BCUT2D eigenvalue weighted by atomic mass is 10.1. The van der Waals surface area contributed by atoms with Crippen molar-refractivity contribution in [1.29, 1.82) is 0 Å². The molecule has 0 fully saturated rings. The van der Waals surface area contributed by atoms with Gasteiger partial charge in [-0.2, -0.15) is 0 Å². The first-order valence-corrected chi connectivity index (χ1v) is 7.22. The molecule has 2 aromatic rings. The number of aryl methyl sites for hydroxylation is 1. The number of nitrogens with one attached hydrogen (secondary N) is 1. The van der Waals surface area contributed by atoms with E-state index in [9.17, 15) is 14.9 Å². The molecule has 1 N–H and O–H groups in total. The van der Waals surface area contributed by atoms with Crippen LogP contribution in [0, 0.1) is 10.1 Å². The van der Waals surface area contributed by atoms with Crippen molar-refractivity contribution >= 4 is 28.9 Å². The van der Waals surface area contributed by atoms with Gasteiger partial charge in [0.2, 0.25) is 5.91 Å². The van der Waals surface area contributed by atoms with E-state index in [-0.39, 0.29) is 22.3 Å². The van der Waals surface area contributed by atoms with Crippen molar-refractivity contribution in [2.75, 3.05) is 5.32 Å². The standard InChI is InChI=1S/C16H15ClN2O3/c17-14-10-9-13(19(21)22)11-15(14)18-16(20)8-4-7-12-5-2-1-3-6-12/h1-3,5-6,9-11H,4,7-8H2,(H,18,20). The van der Waals surface area contributed by atoms with Gasteiger partial charge < -0.3 is 5.32 Å². The molecule has 22 heavy (non-hydrogen) atoms. The number of carbonyl (C=O) groups is 1. The fourth-order valence-electron chi connectivity index (χ4n) is 2.03. The third-order valence-electron chi connectivity index (χ3n) is 3.15. The number of anilines is 1. The van der Waals surface area contributed by atoms with Crippen LogP contribution in [0.4, 0.5) is 11.4 Å². The Morgan fingerprint density at radius 1 is 1.18 bits per heavy atom. The Morgan fingerprint density at radius 3 is 2.59 bits per heavy atom. The lowest BCUT2D eigenvalue weighted by molar-refractivity contribution is -0.384. The van der Waals surface area contributed by atoms with Gasteiger partial charge in [-0.25, -0.2) is 0 Å². The van der Waals surface area contributed by atoms with Crippen LogP contribution in [0.15, 0.2) is 48.5 Å². The summed E-state index contributed by atoms with van der Waals surface area (Å²) in [6, 6.07) is 13.8. The predicted octanol–water partition coefficient (Wildman–Crippen LogP) is 4.21. The Balaban J connectivity index is 1.89. The van der Waals surface area contributed by atoms with Gasteiger partial charge in [0.15, 0.2) is 0 Å². The molecule has 0 radical (unpaired) electrons. The van der Waals surface area contributed by atoms with Crippen LogP contribution in [0.25, 0.3) is 0 Å². The van der Waals surface area contributed by atoms with Crippen molar-refractivity contribution < 1.29 is 9.72 Å². The van der Waals surface area contributed by atoms with E-state index in [1.807, 2.05) is 30.3 Å². The van der Waals surface area contributed by atoms with E-state index >= 15 is 0 Å². The number of nitro benzene ring substituents is 1. The summed E-state index contributed by atoms with van der Waals surface area (Å²) in [5.41, 5.74) is 1.33. The molecular weight excluding hydrogens is 304 g/mol. The Morgan fingerprint density at radius 2 is 1.91 bits per heavy atom. The van der Waals surface area contributed by atoms with Crippen molar-refractivity contribution in [3.8, 4) is 0 Å². The number of non-ortho nitro benzene ring substituents is 1. The molecule has 0 aromatic heterocycles. The van der Waals surface area contributed by atoms with Crippen molar-refractivity contribution in [3.05, 3.63) is 69.2 Å². The first-order chi connectivity index (χ1) is 10.6. The number of amides is 1. The van der Waals surface area contributed by atoms with E-state index < -0.39 is 4.92 Å². The molecule has 0 spiro atoms. The van der Waals surface area contributed by atoms with Gasteiger partial charge in [-0.05, 0) is 24.5 Å². The van der Waals surface area contributed by atoms with E-state index in [0.717, 1.165) is 6.42 Å². The van der Waals surface area contributed by atoms with Crippen LogP contribution in [-0.2, 0) is 11.2 Å². The largest absolute Gasteiger partial charge is 0.325 e. The molecule has 114 valence electrons. The molecule has 0 heterocycles. The smallest absolute Gasteiger partial charge is 0.271 e. The van der Waals surface area contributed by atoms with E-state index in [0.29, 0.717) is 12.8 Å². The van der Waals surface area contributed by atoms with Gasteiger partial charge in [0.25, 0.3) is 5.69 Å². The second-order valence-electron chi connectivity index (χ2n) is 4.81. The van der Waals surface area contributed by atoms with Crippen LogP contribution in [0.5, 0.6) is 0 Å². The minimum atomic E-state index is -0.526. The van der Waals surface area contributed by atoms with Gasteiger partial charge in [-0.15, -0.1) is 0 Å². The van der Waals surface area contributed by atoms with Crippen LogP contribution in [0.3, 0.4) is 0 Å². The Hall–Kier alpha value is -2.40. The number of rotatable bonds is 6. The number of benzene rings is 2. The summed E-state index contributed by atoms with van der Waals surface area (Å²) in [7, 11) is 0. The average Bonchev–Trinajstić information content (AvgIpc) is 2.50. The first kappa shape index (κ1) is 16.0. The van der Waals surface area contributed by atoms with Gasteiger partial charge in [0.1, 0.15) is 0 Å². The molecule has 6 heteroatoms. The Labute approximate surface area is 133 Å². The van der Waals surface area contributed by atoms with Crippen molar-refractivity contribution in [2.45, 2.75) is 19.3 Å². The summed E-state index contributed by atoms with van der Waals surface area (Å²) in [4.78, 5) is 22.1. The van der Waals surface area contributed by atoms with Gasteiger partial charge in [0, 0.05) is 18.6 Å². The molecular formula is C16H15ClN2O3. The van der Waals surface area contributed by atoms with E-state index in [2.05, 4.69) is 5.32 Å². The second-order valence-corrected chi connectivity index (χ2v) is 5.22. The Kier molecular flexibility index (Phi) is 5.49. The van der Waals surface area contributed by atoms with Crippen LogP contribution in [-0.4, -0.2) is 10.8 Å². The molecule has 2 aromatic carbocycles. The third kappa shape index (κ3) is 4.56. The molecule has 2 rings (SSSR count).